The predicted molar refractivity (Wildman–Crippen MR) is 255 cm³/mol. The van der Waals surface area contributed by atoms with Gasteiger partial charge >= 0.3 is 0 Å². The molecular weight excluding hydrogens is 748 g/mol. The van der Waals surface area contributed by atoms with Crippen LogP contribution in [0.5, 0.6) is 0 Å². The van der Waals surface area contributed by atoms with Crippen LogP contribution in [0.1, 0.15) is 0 Å². The molecule has 0 spiro atoms. The van der Waals surface area contributed by atoms with Gasteiger partial charge in [0.2, 0.25) is 6.71 Å². The molecule has 0 saturated carbocycles. The van der Waals surface area contributed by atoms with Crippen molar-refractivity contribution < 1.29 is 0 Å². The summed E-state index contributed by atoms with van der Waals surface area (Å²) in [7, 11) is 0. The SMILES string of the molecule is c1ccc(B(c2ccccc2)c2cc(N(c3ccccc3)c3ccccc3)ccc2-c2ccc(-c3ccc(N(c4ccccc4)c4ccccc4)cc3)c3nsnc23)cc1. The van der Waals surface area contributed by atoms with Gasteiger partial charge in [0.05, 0.1) is 11.7 Å². The molecule has 10 rings (SSSR count). The number of nitrogens with zero attached hydrogens (tertiary/aromatic N) is 4. The maximum Gasteiger partial charge on any atom is 0.242 e. The zero-order valence-electron chi connectivity index (χ0n) is 32.8. The van der Waals surface area contributed by atoms with E-state index < -0.39 is 0 Å². The Morgan fingerprint density at radius 2 is 0.667 bits per heavy atom. The third-order valence-electron chi connectivity index (χ3n) is 11.1. The topological polar surface area (TPSA) is 32.3 Å². The van der Waals surface area contributed by atoms with Crippen LogP contribution in [0.2, 0.25) is 0 Å². The van der Waals surface area contributed by atoms with Gasteiger partial charge in [-0.05, 0) is 83.9 Å². The number of hydrogen-bond donors (Lipinski definition) is 0. The van der Waals surface area contributed by atoms with E-state index in [1.807, 2.05) is 0 Å². The van der Waals surface area contributed by atoms with Crippen LogP contribution in [-0.2, 0) is 0 Å². The number of para-hydroxylation sites is 4. The van der Waals surface area contributed by atoms with Gasteiger partial charge in [-0.3, -0.25) is 0 Å². The molecule has 1 aromatic heterocycles. The van der Waals surface area contributed by atoms with E-state index in [1.54, 1.807) is 0 Å². The molecule has 0 amide bonds. The average molecular weight is 787 g/mol. The minimum atomic E-state index is -0.0539. The predicted octanol–water partition coefficient (Wildman–Crippen LogP) is 12.5. The van der Waals surface area contributed by atoms with Crippen LogP contribution >= 0.6 is 11.7 Å². The molecule has 6 heteroatoms. The first-order valence-electron chi connectivity index (χ1n) is 20.2. The minimum absolute atomic E-state index is 0.0539. The lowest BCUT2D eigenvalue weighted by Crippen LogP contribution is -2.52. The minimum Gasteiger partial charge on any atom is -0.311 e. The average Bonchev–Trinajstić information content (AvgIpc) is 3.82. The molecule has 0 aliphatic heterocycles. The fourth-order valence-electron chi connectivity index (χ4n) is 8.33. The smallest absolute Gasteiger partial charge is 0.242 e. The van der Waals surface area contributed by atoms with Crippen molar-refractivity contribution in [3.63, 3.8) is 0 Å². The first-order valence-corrected chi connectivity index (χ1v) is 20.9. The van der Waals surface area contributed by atoms with Gasteiger partial charge in [0.15, 0.2) is 0 Å². The third kappa shape index (κ3) is 7.25. The molecule has 1 heterocycles. The number of benzene rings is 9. The van der Waals surface area contributed by atoms with Gasteiger partial charge in [0.1, 0.15) is 11.0 Å². The zero-order chi connectivity index (χ0) is 40.1. The molecule has 0 atom stereocenters. The molecule has 10 aromatic rings. The Labute approximate surface area is 355 Å². The van der Waals surface area contributed by atoms with Crippen LogP contribution in [0.25, 0.3) is 33.3 Å². The Morgan fingerprint density at radius 3 is 1.13 bits per heavy atom. The molecule has 0 aliphatic rings. The summed E-state index contributed by atoms with van der Waals surface area (Å²) in [5, 5.41) is 0. The molecule has 0 aliphatic carbocycles. The van der Waals surface area contributed by atoms with Crippen LogP contribution in [-0.4, -0.2) is 15.5 Å². The Morgan fingerprint density at radius 1 is 0.317 bits per heavy atom. The number of aromatic nitrogens is 2. The van der Waals surface area contributed by atoms with Crippen LogP contribution in [0.15, 0.2) is 237 Å². The van der Waals surface area contributed by atoms with E-state index in [9.17, 15) is 0 Å². The summed E-state index contributed by atoms with van der Waals surface area (Å²) in [5.74, 6) is 0. The zero-order valence-corrected chi connectivity index (χ0v) is 33.6. The van der Waals surface area contributed by atoms with Crippen molar-refractivity contribution in [3.05, 3.63) is 237 Å². The highest BCUT2D eigenvalue weighted by Gasteiger charge is 2.28. The van der Waals surface area contributed by atoms with Gasteiger partial charge < -0.3 is 9.80 Å². The maximum atomic E-state index is 5.02. The highest BCUT2D eigenvalue weighted by molar-refractivity contribution is 7.00. The van der Waals surface area contributed by atoms with E-state index in [4.69, 9.17) is 8.75 Å². The number of fused-ring (bicyclic) bond motifs is 1. The summed E-state index contributed by atoms with van der Waals surface area (Å²) in [4.78, 5) is 4.62. The molecule has 0 fully saturated rings. The summed E-state index contributed by atoms with van der Waals surface area (Å²) in [6.07, 6.45) is 0. The largest absolute Gasteiger partial charge is 0.311 e. The Hall–Kier alpha value is -7.54. The van der Waals surface area contributed by atoms with E-state index in [0.717, 1.165) is 67.4 Å². The van der Waals surface area contributed by atoms with Gasteiger partial charge in [-0.2, -0.15) is 8.75 Å². The van der Waals surface area contributed by atoms with Crippen LogP contribution in [0.4, 0.5) is 34.1 Å². The second-order valence-electron chi connectivity index (χ2n) is 14.7. The second kappa shape index (κ2) is 16.7. The molecule has 0 unspecified atom stereocenters. The van der Waals surface area contributed by atoms with Crippen molar-refractivity contribution in [2.45, 2.75) is 0 Å². The Kier molecular flexibility index (Phi) is 10.3. The molecule has 9 aromatic carbocycles. The van der Waals surface area contributed by atoms with Crippen LogP contribution < -0.4 is 26.2 Å². The van der Waals surface area contributed by atoms with Crippen LogP contribution in [0.3, 0.4) is 0 Å². The molecule has 0 bridgehead atoms. The van der Waals surface area contributed by atoms with Crippen molar-refractivity contribution in [3.8, 4) is 22.3 Å². The molecular formula is C54H39BN4S. The summed E-state index contributed by atoms with van der Waals surface area (Å²) >= 11 is 1.27. The summed E-state index contributed by atoms with van der Waals surface area (Å²) in [6, 6.07) is 84.0. The van der Waals surface area contributed by atoms with Gasteiger partial charge in [-0.15, -0.1) is 0 Å². The standard InChI is InChI=1S/C54H39BN4S/c1-7-19-41(20-8-1)55(42-21-9-2-10-22-42)52-39-48(59(45-27-15-5-16-28-45)46-29-17-6-18-30-46)35-36-50(52)51-38-37-49(53-54(51)57-60-56-53)40-31-33-47(34-32-40)58(43-23-11-3-12-24-43)44-25-13-4-14-26-44/h1-39H. The lowest BCUT2D eigenvalue weighted by Gasteiger charge is -2.28. The Bertz CT molecular complexity index is 2850. The van der Waals surface area contributed by atoms with Gasteiger partial charge in [-0.25, -0.2) is 0 Å². The lowest BCUT2D eigenvalue weighted by molar-refractivity contribution is 1.28. The second-order valence-corrected chi connectivity index (χ2v) is 15.2. The highest BCUT2D eigenvalue weighted by Crippen LogP contribution is 2.40. The lowest BCUT2D eigenvalue weighted by atomic mass is 9.36. The van der Waals surface area contributed by atoms with Crippen LogP contribution in [0, 0.1) is 0 Å². The number of hydrogen-bond acceptors (Lipinski definition) is 5. The van der Waals surface area contributed by atoms with E-state index >= 15 is 0 Å². The fourth-order valence-corrected chi connectivity index (χ4v) is 8.90. The molecule has 284 valence electrons. The number of anilines is 6. The summed E-state index contributed by atoms with van der Waals surface area (Å²) in [6.45, 7) is -0.0539. The quantitative estimate of drug-likeness (QED) is 0.122. The third-order valence-corrected chi connectivity index (χ3v) is 11.6. The van der Waals surface area contributed by atoms with Crippen molar-refractivity contribution in [1.82, 2.24) is 8.75 Å². The Balaban J connectivity index is 1.12. The molecule has 0 saturated heterocycles. The van der Waals surface area contributed by atoms with Gasteiger partial charge in [-0.1, -0.05) is 180 Å². The van der Waals surface area contributed by atoms with Gasteiger partial charge in [0, 0.05) is 45.3 Å². The maximum absolute atomic E-state index is 5.02. The molecule has 60 heavy (non-hydrogen) atoms. The molecule has 4 nitrogen and oxygen atoms in total. The van der Waals surface area contributed by atoms with E-state index in [2.05, 4.69) is 246 Å². The van der Waals surface area contributed by atoms with E-state index in [1.165, 1.54) is 28.1 Å². The molecule has 0 radical (unpaired) electrons. The van der Waals surface area contributed by atoms with E-state index in [-0.39, 0.29) is 6.71 Å². The first kappa shape index (κ1) is 36.8. The van der Waals surface area contributed by atoms with Crippen molar-refractivity contribution in [1.29, 1.82) is 0 Å². The number of rotatable bonds is 11. The van der Waals surface area contributed by atoms with Crippen molar-refractivity contribution in [2.24, 2.45) is 0 Å². The van der Waals surface area contributed by atoms with Crippen molar-refractivity contribution in [2.75, 3.05) is 9.80 Å². The molecule has 0 N–H and O–H groups in total. The van der Waals surface area contributed by atoms with Crippen molar-refractivity contribution >= 4 is 80.0 Å². The highest BCUT2D eigenvalue weighted by atomic mass is 32.1. The fraction of sp³-hybridized carbons (Fsp3) is 0. The first-order chi connectivity index (χ1) is 29.8. The summed E-state index contributed by atoms with van der Waals surface area (Å²) < 4.78 is 9.98. The van der Waals surface area contributed by atoms with Gasteiger partial charge in [0.25, 0.3) is 0 Å². The summed E-state index contributed by atoms with van der Waals surface area (Å²) in [5.41, 5.74) is 16.3. The van der Waals surface area contributed by atoms with E-state index in [0.29, 0.717) is 0 Å². The monoisotopic (exact) mass is 786 g/mol. The normalized spacial score (nSPS) is 11.0.